The number of methoxy groups -OCH3 is 1. The molecule has 4 heteroatoms. The summed E-state index contributed by atoms with van der Waals surface area (Å²) in [5.74, 6) is -1.34. The largest absolute Gasteiger partial charge is 0.493 e. The molecule has 0 fully saturated rings. The van der Waals surface area contributed by atoms with E-state index >= 15 is 0 Å². The van der Waals surface area contributed by atoms with Gasteiger partial charge in [-0.15, -0.1) is 0 Å². The molecule has 0 aliphatic carbocycles. The third-order valence-corrected chi connectivity index (χ3v) is 2.51. The van der Waals surface area contributed by atoms with Gasteiger partial charge in [-0.1, -0.05) is 32.1 Å². The van der Waals surface area contributed by atoms with E-state index in [9.17, 15) is 9.18 Å². The maximum Gasteiger partial charge on any atom is 0.328 e. The Morgan fingerprint density at radius 2 is 2.12 bits per heavy atom. The smallest absolute Gasteiger partial charge is 0.328 e. The van der Waals surface area contributed by atoms with Gasteiger partial charge < -0.3 is 9.84 Å². The number of ether oxygens (including phenoxy) is 1. The van der Waals surface area contributed by atoms with Crippen molar-refractivity contribution >= 4 is 5.97 Å². The van der Waals surface area contributed by atoms with Gasteiger partial charge in [-0.05, 0) is 6.07 Å². The van der Waals surface area contributed by atoms with Crippen LogP contribution < -0.4 is 4.74 Å². The van der Waals surface area contributed by atoms with Crippen molar-refractivity contribution in [3.05, 3.63) is 41.7 Å². The Morgan fingerprint density at radius 3 is 2.65 bits per heavy atom. The molecule has 92 valence electrons. The van der Waals surface area contributed by atoms with Gasteiger partial charge >= 0.3 is 5.97 Å². The molecule has 1 aromatic carbocycles. The zero-order chi connectivity index (χ0) is 13.1. The van der Waals surface area contributed by atoms with E-state index in [1.807, 2.05) is 0 Å². The van der Waals surface area contributed by atoms with Crippen molar-refractivity contribution in [2.24, 2.45) is 0 Å². The molecule has 0 aromatic heterocycles. The number of halogens is 1. The van der Waals surface area contributed by atoms with Gasteiger partial charge in [0.25, 0.3) is 0 Å². The lowest BCUT2D eigenvalue weighted by Crippen LogP contribution is -2.16. The first-order valence-electron chi connectivity index (χ1n) is 5.13. The first-order chi connectivity index (χ1) is 7.88. The van der Waals surface area contributed by atoms with Crippen molar-refractivity contribution in [2.75, 3.05) is 7.11 Å². The van der Waals surface area contributed by atoms with Crippen LogP contribution in [-0.2, 0) is 10.2 Å². The summed E-state index contributed by atoms with van der Waals surface area (Å²) in [7, 11) is 1.39. The minimum absolute atomic E-state index is 0.146. The van der Waals surface area contributed by atoms with E-state index in [4.69, 9.17) is 9.84 Å². The number of carboxylic acids is 1. The highest BCUT2D eigenvalue weighted by Crippen LogP contribution is 2.34. The highest BCUT2D eigenvalue weighted by molar-refractivity contribution is 5.80. The molecule has 0 amide bonds. The zero-order valence-corrected chi connectivity index (χ0v) is 10.0. The Bertz CT molecular complexity index is 450. The Balaban J connectivity index is 3.23. The molecule has 0 saturated carbocycles. The number of hydrogen-bond acceptors (Lipinski definition) is 2. The van der Waals surface area contributed by atoms with E-state index in [1.54, 1.807) is 26.0 Å². The van der Waals surface area contributed by atoms with Gasteiger partial charge in [0.1, 0.15) is 0 Å². The average molecular weight is 238 g/mol. The third kappa shape index (κ3) is 3.06. The lowest BCUT2D eigenvalue weighted by molar-refractivity contribution is -0.131. The van der Waals surface area contributed by atoms with Crippen LogP contribution in [0.25, 0.3) is 0 Å². The predicted octanol–water partition coefficient (Wildman–Crippen LogP) is 2.75. The number of allylic oxidation sites excluding steroid dienone is 1. The molecule has 0 spiro atoms. The second kappa shape index (κ2) is 4.99. The van der Waals surface area contributed by atoms with Crippen LogP contribution in [0, 0.1) is 5.82 Å². The number of benzene rings is 1. The molecule has 1 N–H and O–H groups in total. The van der Waals surface area contributed by atoms with Crippen molar-refractivity contribution in [1.29, 1.82) is 0 Å². The molecule has 0 radical (unpaired) electrons. The highest BCUT2D eigenvalue weighted by Gasteiger charge is 2.23. The summed E-state index contributed by atoms with van der Waals surface area (Å²) in [5, 5.41) is 8.61. The van der Waals surface area contributed by atoms with Gasteiger partial charge in [-0.3, -0.25) is 0 Å². The maximum absolute atomic E-state index is 13.5. The molecule has 3 nitrogen and oxygen atoms in total. The molecule has 0 bridgehead atoms. The Morgan fingerprint density at radius 1 is 1.47 bits per heavy atom. The van der Waals surface area contributed by atoms with E-state index in [0.717, 1.165) is 6.08 Å². The molecule has 1 aromatic rings. The minimum Gasteiger partial charge on any atom is -0.493 e. The lowest BCUT2D eigenvalue weighted by Gasteiger charge is -2.23. The van der Waals surface area contributed by atoms with Crippen LogP contribution in [0.4, 0.5) is 4.39 Å². The Kier molecular flexibility index (Phi) is 3.89. The summed E-state index contributed by atoms with van der Waals surface area (Å²) in [6.07, 6.45) is 2.55. The first-order valence-corrected chi connectivity index (χ1v) is 5.13. The minimum atomic E-state index is -1.03. The van der Waals surface area contributed by atoms with Crippen LogP contribution in [0.3, 0.4) is 0 Å². The normalized spacial score (nSPS) is 11.8. The van der Waals surface area contributed by atoms with Crippen molar-refractivity contribution < 1.29 is 19.0 Å². The maximum atomic E-state index is 13.5. The summed E-state index contributed by atoms with van der Waals surface area (Å²) in [5.41, 5.74) is -0.0104. The quantitative estimate of drug-likeness (QED) is 0.820. The lowest BCUT2D eigenvalue weighted by atomic mass is 9.83. The number of carboxylic acid groups (broad SMARTS) is 1. The molecule has 0 unspecified atom stereocenters. The fraction of sp³-hybridized carbons (Fsp3) is 0.308. The average Bonchev–Trinajstić information content (AvgIpc) is 2.26. The molecule has 17 heavy (non-hydrogen) atoms. The Hall–Kier alpha value is -1.84. The second-order valence-electron chi connectivity index (χ2n) is 4.21. The number of carbonyl (C=O) groups is 1. The third-order valence-electron chi connectivity index (χ3n) is 2.51. The molecule has 0 atom stereocenters. The molecule has 0 aliphatic heterocycles. The van der Waals surface area contributed by atoms with Gasteiger partial charge in [-0.25, -0.2) is 9.18 Å². The van der Waals surface area contributed by atoms with Crippen LogP contribution in [0.1, 0.15) is 19.4 Å². The number of rotatable bonds is 4. The number of para-hydroxylation sites is 1. The highest BCUT2D eigenvalue weighted by atomic mass is 19.1. The molecular weight excluding hydrogens is 223 g/mol. The van der Waals surface area contributed by atoms with E-state index in [-0.39, 0.29) is 5.75 Å². The number of hydrogen-bond donors (Lipinski definition) is 1. The molecule has 1 rings (SSSR count). The second-order valence-corrected chi connectivity index (χ2v) is 4.21. The molecule has 0 heterocycles. The SMILES string of the molecule is COc1c(F)cccc1C(C)(C)C=CC(=O)O. The van der Waals surface area contributed by atoms with Crippen molar-refractivity contribution in [3.8, 4) is 5.75 Å². The standard InChI is InChI=1S/C13H15FO3/c1-13(2,8-7-11(15)16)9-5-4-6-10(14)12(9)17-3/h4-8H,1-3H3,(H,15,16). The van der Waals surface area contributed by atoms with Crippen molar-refractivity contribution in [2.45, 2.75) is 19.3 Å². The van der Waals surface area contributed by atoms with Crippen molar-refractivity contribution in [1.82, 2.24) is 0 Å². The summed E-state index contributed by atoms with van der Waals surface area (Å²) in [4.78, 5) is 10.5. The monoisotopic (exact) mass is 238 g/mol. The molecular formula is C13H15FO3. The van der Waals surface area contributed by atoms with Crippen LogP contribution in [0.2, 0.25) is 0 Å². The fourth-order valence-electron chi connectivity index (χ4n) is 1.59. The Labute approximate surface area is 99.5 Å². The van der Waals surface area contributed by atoms with E-state index < -0.39 is 17.2 Å². The molecule has 0 saturated heterocycles. The van der Waals surface area contributed by atoms with Crippen molar-refractivity contribution in [3.63, 3.8) is 0 Å². The molecule has 0 aliphatic rings. The topological polar surface area (TPSA) is 46.5 Å². The van der Waals surface area contributed by atoms with E-state index in [0.29, 0.717) is 5.56 Å². The van der Waals surface area contributed by atoms with Crippen LogP contribution in [-0.4, -0.2) is 18.2 Å². The van der Waals surface area contributed by atoms with Crippen LogP contribution in [0.15, 0.2) is 30.4 Å². The van der Waals surface area contributed by atoms with Gasteiger partial charge in [-0.2, -0.15) is 0 Å². The zero-order valence-electron chi connectivity index (χ0n) is 10.0. The van der Waals surface area contributed by atoms with E-state index in [2.05, 4.69) is 0 Å². The van der Waals surface area contributed by atoms with Gasteiger partial charge in [0.2, 0.25) is 0 Å². The van der Waals surface area contributed by atoms with Gasteiger partial charge in [0.05, 0.1) is 7.11 Å². The first kappa shape index (κ1) is 13.2. The summed E-state index contributed by atoms with van der Waals surface area (Å²) < 4.78 is 18.5. The van der Waals surface area contributed by atoms with Crippen LogP contribution in [0.5, 0.6) is 5.75 Å². The fourth-order valence-corrected chi connectivity index (χ4v) is 1.59. The van der Waals surface area contributed by atoms with Gasteiger partial charge in [0.15, 0.2) is 11.6 Å². The summed E-state index contributed by atoms with van der Waals surface area (Å²) in [6.45, 7) is 3.59. The summed E-state index contributed by atoms with van der Waals surface area (Å²) in [6, 6.07) is 4.59. The van der Waals surface area contributed by atoms with Crippen LogP contribution >= 0.6 is 0 Å². The van der Waals surface area contributed by atoms with Gasteiger partial charge in [0, 0.05) is 17.1 Å². The summed E-state index contributed by atoms with van der Waals surface area (Å²) >= 11 is 0. The van der Waals surface area contributed by atoms with E-state index in [1.165, 1.54) is 19.3 Å². The predicted molar refractivity (Wildman–Crippen MR) is 62.8 cm³/mol. The number of aliphatic carboxylic acids is 1.